The molecule has 0 aliphatic rings. The van der Waals surface area contributed by atoms with Crippen LogP contribution in [0.4, 0.5) is 0 Å². The minimum Gasteiger partial charge on any atom is -0.492 e. The van der Waals surface area contributed by atoms with Gasteiger partial charge in [0.2, 0.25) is 0 Å². The van der Waals surface area contributed by atoms with Gasteiger partial charge in [0.25, 0.3) is 0 Å². The third-order valence-electron chi connectivity index (χ3n) is 3.65. The van der Waals surface area contributed by atoms with Gasteiger partial charge in [-0.25, -0.2) is 0 Å². The molecule has 1 aromatic rings. The highest BCUT2D eigenvalue weighted by atomic mass is 79.9. The summed E-state index contributed by atoms with van der Waals surface area (Å²) in [6.45, 7) is 9.20. The molecule has 0 radical (unpaired) electrons. The Labute approximate surface area is 146 Å². The van der Waals surface area contributed by atoms with Crippen LogP contribution in [0.1, 0.15) is 52.0 Å². The van der Waals surface area contributed by atoms with Crippen LogP contribution >= 0.6 is 31.9 Å². The molecule has 1 unspecified atom stereocenters. The molecule has 21 heavy (non-hydrogen) atoms. The van der Waals surface area contributed by atoms with Crippen LogP contribution in [0.5, 0.6) is 5.75 Å². The zero-order valence-corrected chi connectivity index (χ0v) is 16.5. The lowest BCUT2D eigenvalue weighted by atomic mass is 9.99. The van der Waals surface area contributed by atoms with Crippen LogP contribution in [0.15, 0.2) is 21.1 Å². The van der Waals surface area contributed by atoms with Crippen LogP contribution in [0, 0.1) is 5.92 Å². The average Bonchev–Trinajstić information content (AvgIpc) is 2.46. The Morgan fingerprint density at radius 3 is 2.33 bits per heavy atom. The van der Waals surface area contributed by atoms with Crippen LogP contribution < -0.4 is 10.1 Å². The number of unbranched alkanes of at least 4 members (excludes halogenated alkanes) is 1. The monoisotopic (exact) mass is 419 g/mol. The van der Waals surface area contributed by atoms with E-state index in [4.69, 9.17) is 4.74 Å². The van der Waals surface area contributed by atoms with E-state index in [1.54, 1.807) is 0 Å². The molecule has 2 nitrogen and oxygen atoms in total. The van der Waals surface area contributed by atoms with Gasteiger partial charge in [-0.2, -0.15) is 0 Å². The SMILES string of the molecule is CCCCC(CC)CNCc1cc(Br)c(OCC)c(Br)c1. The predicted octanol–water partition coefficient (Wildman–Crippen LogP) is 5.92. The lowest BCUT2D eigenvalue weighted by Gasteiger charge is -2.16. The fourth-order valence-corrected chi connectivity index (χ4v) is 3.87. The fraction of sp³-hybridized carbons (Fsp3) is 0.647. The summed E-state index contributed by atoms with van der Waals surface area (Å²) in [7, 11) is 0. The summed E-state index contributed by atoms with van der Waals surface area (Å²) in [5.74, 6) is 1.68. The molecule has 0 aliphatic heterocycles. The smallest absolute Gasteiger partial charge is 0.147 e. The average molecular weight is 421 g/mol. The summed E-state index contributed by atoms with van der Waals surface area (Å²) in [5.41, 5.74) is 1.27. The van der Waals surface area contributed by atoms with Gasteiger partial charge in [-0.15, -0.1) is 0 Å². The molecule has 1 rings (SSSR count). The Hall–Kier alpha value is -0.0600. The van der Waals surface area contributed by atoms with Gasteiger partial charge >= 0.3 is 0 Å². The molecule has 0 amide bonds. The zero-order valence-electron chi connectivity index (χ0n) is 13.3. The molecule has 1 atom stereocenters. The number of hydrogen-bond donors (Lipinski definition) is 1. The Morgan fingerprint density at radius 1 is 1.14 bits per heavy atom. The van der Waals surface area contributed by atoms with Crippen molar-refractivity contribution in [2.24, 2.45) is 5.92 Å². The Bertz CT molecular complexity index is 400. The molecule has 0 saturated heterocycles. The van der Waals surface area contributed by atoms with Crippen molar-refractivity contribution in [1.29, 1.82) is 0 Å². The van der Waals surface area contributed by atoms with E-state index in [0.717, 1.165) is 33.7 Å². The number of halogens is 2. The van der Waals surface area contributed by atoms with Crippen molar-refractivity contribution in [1.82, 2.24) is 5.32 Å². The molecule has 0 aliphatic carbocycles. The minimum atomic E-state index is 0.671. The first-order chi connectivity index (χ1) is 10.1. The molecule has 0 bridgehead atoms. The number of benzene rings is 1. The van der Waals surface area contributed by atoms with Gasteiger partial charge in [-0.1, -0.05) is 33.1 Å². The van der Waals surface area contributed by atoms with Gasteiger partial charge in [0.15, 0.2) is 0 Å². The van der Waals surface area contributed by atoms with Crippen molar-refractivity contribution in [3.63, 3.8) is 0 Å². The van der Waals surface area contributed by atoms with Crippen LogP contribution in [0.25, 0.3) is 0 Å². The summed E-state index contributed by atoms with van der Waals surface area (Å²) in [4.78, 5) is 0. The van der Waals surface area contributed by atoms with Crippen molar-refractivity contribution in [2.45, 2.75) is 53.0 Å². The second-order valence-electron chi connectivity index (χ2n) is 5.37. The molecular formula is C17H27Br2NO. The van der Waals surface area contributed by atoms with Crippen molar-refractivity contribution in [3.05, 3.63) is 26.6 Å². The number of nitrogens with one attached hydrogen (secondary N) is 1. The van der Waals surface area contributed by atoms with Crippen LogP contribution in [0.2, 0.25) is 0 Å². The third kappa shape index (κ3) is 6.70. The first-order valence-corrected chi connectivity index (χ1v) is 9.52. The minimum absolute atomic E-state index is 0.671. The highest BCUT2D eigenvalue weighted by molar-refractivity contribution is 9.11. The second-order valence-corrected chi connectivity index (χ2v) is 7.08. The summed E-state index contributed by atoms with van der Waals surface area (Å²) in [6.07, 6.45) is 5.20. The lowest BCUT2D eigenvalue weighted by Crippen LogP contribution is -2.22. The summed E-state index contributed by atoms with van der Waals surface area (Å²) in [6, 6.07) is 4.27. The Kier molecular flexibility index (Phi) is 9.61. The van der Waals surface area contributed by atoms with Gasteiger partial charge in [0.05, 0.1) is 15.6 Å². The Balaban J connectivity index is 2.52. The standard InChI is InChI=1S/C17H27Br2NO/c1-4-7-8-13(5-2)11-20-12-14-9-15(18)17(21-6-3)16(19)10-14/h9-10,13,20H,4-8,11-12H2,1-3H3. The molecule has 4 heteroatoms. The zero-order chi connectivity index (χ0) is 15.7. The van der Waals surface area contributed by atoms with Gasteiger partial charge < -0.3 is 10.1 Å². The Morgan fingerprint density at radius 2 is 1.81 bits per heavy atom. The fourth-order valence-electron chi connectivity index (χ4n) is 2.36. The van der Waals surface area contributed by atoms with Crippen LogP contribution in [-0.4, -0.2) is 13.2 Å². The van der Waals surface area contributed by atoms with E-state index in [-0.39, 0.29) is 0 Å². The van der Waals surface area contributed by atoms with Crippen LogP contribution in [-0.2, 0) is 6.54 Å². The molecule has 0 fully saturated rings. The second kappa shape index (κ2) is 10.6. The molecule has 120 valence electrons. The number of ether oxygens (including phenoxy) is 1. The van der Waals surface area contributed by atoms with E-state index >= 15 is 0 Å². The van der Waals surface area contributed by atoms with Gasteiger partial charge in [-0.3, -0.25) is 0 Å². The van der Waals surface area contributed by atoms with Crippen molar-refractivity contribution in [3.8, 4) is 5.75 Å². The summed E-state index contributed by atoms with van der Waals surface area (Å²) >= 11 is 7.17. The van der Waals surface area contributed by atoms with Crippen molar-refractivity contribution >= 4 is 31.9 Å². The van der Waals surface area contributed by atoms with Gasteiger partial charge in [-0.05, 0) is 75.4 Å². The largest absolute Gasteiger partial charge is 0.492 e. The maximum atomic E-state index is 5.61. The molecule has 1 aromatic carbocycles. The normalized spacial score (nSPS) is 12.4. The highest BCUT2D eigenvalue weighted by Crippen LogP contribution is 2.34. The van der Waals surface area contributed by atoms with Crippen molar-refractivity contribution in [2.75, 3.05) is 13.2 Å². The lowest BCUT2D eigenvalue weighted by molar-refractivity contribution is 0.336. The summed E-state index contributed by atoms with van der Waals surface area (Å²) in [5, 5.41) is 3.59. The van der Waals surface area contributed by atoms with E-state index < -0.39 is 0 Å². The first kappa shape index (κ1) is 19.0. The van der Waals surface area contributed by atoms with Gasteiger partial charge in [0, 0.05) is 6.54 Å². The maximum absolute atomic E-state index is 5.61. The molecule has 1 N–H and O–H groups in total. The van der Waals surface area contributed by atoms with E-state index in [0.29, 0.717) is 6.61 Å². The predicted molar refractivity (Wildman–Crippen MR) is 98.0 cm³/mol. The third-order valence-corrected chi connectivity index (χ3v) is 4.83. The summed E-state index contributed by atoms with van der Waals surface area (Å²) < 4.78 is 7.63. The molecule has 0 saturated carbocycles. The van der Waals surface area contributed by atoms with Crippen LogP contribution in [0.3, 0.4) is 0 Å². The maximum Gasteiger partial charge on any atom is 0.147 e. The van der Waals surface area contributed by atoms with E-state index in [1.165, 1.54) is 31.2 Å². The molecule has 0 heterocycles. The quantitative estimate of drug-likeness (QED) is 0.507. The molecule has 0 spiro atoms. The van der Waals surface area contributed by atoms with E-state index in [1.807, 2.05) is 6.92 Å². The first-order valence-electron chi connectivity index (χ1n) is 7.93. The number of rotatable bonds is 10. The number of hydrogen-bond acceptors (Lipinski definition) is 2. The molecular weight excluding hydrogens is 394 g/mol. The van der Waals surface area contributed by atoms with E-state index in [2.05, 4.69) is 63.2 Å². The molecule has 0 aromatic heterocycles. The highest BCUT2D eigenvalue weighted by Gasteiger charge is 2.09. The van der Waals surface area contributed by atoms with Gasteiger partial charge in [0.1, 0.15) is 5.75 Å². The van der Waals surface area contributed by atoms with Crippen molar-refractivity contribution < 1.29 is 4.74 Å². The topological polar surface area (TPSA) is 21.3 Å². The van der Waals surface area contributed by atoms with E-state index in [9.17, 15) is 0 Å².